The first-order valence-electron chi connectivity index (χ1n) is 11.6. The van der Waals surface area contributed by atoms with Crippen LogP contribution in [0.2, 0.25) is 5.02 Å². The predicted molar refractivity (Wildman–Crippen MR) is 128 cm³/mol. The Morgan fingerprint density at radius 1 is 1.07 bits per heavy atom. The number of rotatable bonds is 15. The van der Waals surface area contributed by atoms with Gasteiger partial charge in [0.1, 0.15) is 5.60 Å². The lowest BCUT2D eigenvalue weighted by molar-refractivity contribution is -0.152. The molecule has 2 unspecified atom stereocenters. The number of unbranched alkanes of at least 4 members (excludes halogenated alkanes) is 11. The monoisotopic (exact) mass is 501 g/mol. The highest BCUT2D eigenvalue weighted by Crippen LogP contribution is 2.47. The van der Waals surface area contributed by atoms with Gasteiger partial charge in [0.25, 0.3) is 0 Å². The van der Waals surface area contributed by atoms with Gasteiger partial charge in [-0.1, -0.05) is 95.6 Å². The van der Waals surface area contributed by atoms with Crippen LogP contribution in [0, 0.1) is 5.92 Å². The van der Waals surface area contributed by atoms with E-state index in [4.69, 9.17) is 11.6 Å². The third-order valence-electron chi connectivity index (χ3n) is 6.30. The summed E-state index contributed by atoms with van der Waals surface area (Å²) in [5.74, 6) is -1.84. The average Bonchev–Trinajstić information content (AvgIpc) is 3.06. The lowest BCUT2D eigenvalue weighted by Gasteiger charge is -2.30. The van der Waals surface area contributed by atoms with Crippen molar-refractivity contribution >= 4 is 39.2 Å². The molecule has 2 rings (SSSR count). The minimum absolute atomic E-state index is 0.174. The molecule has 0 aromatic heterocycles. The molecule has 1 heterocycles. The topological polar surface area (TPSA) is 69.6 Å². The molecule has 4 nitrogen and oxygen atoms in total. The van der Waals surface area contributed by atoms with Crippen LogP contribution in [0.15, 0.2) is 16.6 Å². The molecular formula is C24H37BrClNO3. The van der Waals surface area contributed by atoms with Crippen molar-refractivity contribution in [3.8, 4) is 0 Å². The van der Waals surface area contributed by atoms with Crippen molar-refractivity contribution in [3.63, 3.8) is 0 Å². The van der Waals surface area contributed by atoms with Crippen LogP contribution in [-0.2, 0) is 10.4 Å². The van der Waals surface area contributed by atoms with Crippen LogP contribution < -0.4 is 5.32 Å². The van der Waals surface area contributed by atoms with Crippen molar-refractivity contribution in [3.05, 3.63) is 27.2 Å². The Labute approximate surface area is 194 Å². The summed E-state index contributed by atoms with van der Waals surface area (Å²) < 4.78 is 0.666. The standard InChI is InChI=1S/C24H37BrClNO3/c1-2-3-4-5-6-7-8-9-10-11-12-13-14-18(23(28)29)24(30)17-27-20-16-15-19(25)22(26)21(20)24/h15-16,18,27,30H,2-14,17H2,1H3,(H,28,29). The van der Waals surface area contributed by atoms with E-state index in [9.17, 15) is 15.0 Å². The number of hydrogen-bond acceptors (Lipinski definition) is 3. The molecule has 1 aliphatic rings. The normalized spacial score (nSPS) is 18.8. The largest absolute Gasteiger partial charge is 0.481 e. The summed E-state index contributed by atoms with van der Waals surface area (Å²) >= 11 is 9.79. The first-order valence-corrected chi connectivity index (χ1v) is 12.8. The number of carboxylic acids is 1. The maximum absolute atomic E-state index is 12.0. The Hall–Kier alpha value is -0.780. The number of benzene rings is 1. The van der Waals surface area contributed by atoms with Gasteiger partial charge in [0.15, 0.2) is 0 Å². The molecule has 0 aliphatic carbocycles. The van der Waals surface area contributed by atoms with Crippen LogP contribution in [-0.4, -0.2) is 22.7 Å². The molecule has 0 amide bonds. The third-order valence-corrected chi connectivity index (χ3v) is 7.58. The molecule has 2 atom stereocenters. The Morgan fingerprint density at radius 2 is 1.60 bits per heavy atom. The number of aliphatic carboxylic acids is 1. The Bertz CT molecular complexity index is 685. The van der Waals surface area contributed by atoms with Gasteiger partial charge in [0, 0.05) is 22.3 Å². The molecule has 1 aromatic carbocycles. The van der Waals surface area contributed by atoms with E-state index in [-0.39, 0.29) is 6.54 Å². The highest BCUT2D eigenvalue weighted by atomic mass is 79.9. The number of carboxylic acid groups (broad SMARTS) is 1. The van der Waals surface area contributed by atoms with Crippen LogP contribution in [0.4, 0.5) is 5.69 Å². The lowest BCUT2D eigenvalue weighted by atomic mass is 9.79. The van der Waals surface area contributed by atoms with Crippen molar-refractivity contribution < 1.29 is 15.0 Å². The summed E-state index contributed by atoms with van der Waals surface area (Å²) in [4.78, 5) is 12.0. The zero-order chi connectivity index (χ0) is 22.0. The quantitative estimate of drug-likeness (QED) is 0.217. The summed E-state index contributed by atoms with van der Waals surface area (Å²) in [5.41, 5.74) is -0.267. The molecule has 0 bridgehead atoms. The van der Waals surface area contributed by atoms with Crippen LogP contribution in [0.25, 0.3) is 0 Å². The number of carbonyl (C=O) groups is 1. The first kappa shape index (κ1) is 25.5. The second-order valence-electron chi connectivity index (χ2n) is 8.63. The van der Waals surface area contributed by atoms with E-state index < -0.39 is 17.5 Å². The summed E-state index contributed by atoms with van der Waals surface area (Å²) in [7, 11) is 0. The zero-order valence-electron chi connectivity index (χ0n) is 18.2. The van der Waals surface area contributed by atoms with E-state index in [1.165, 1.54) is 57.8 Å². The van der Waals surface area contributed by atoms with E-state index in [2.05, 4.69) is 28.2 Å². The predicted octanol–water partition coefficient (Wildman–Crippen LogP) is 7.51. The molecule has 0 fully saturated rings. The molecule has 0 radical (unpaired) electrons. The van der Waals surface area contributed by atoms with Crippen LogP contribution in [0.5, 0.6) is 0 Å². The highest BCUT2D eigenvalue weighted by molar-refractivity contribution is 9.10. The molecule has 1 aromatic rings. The van der Waals surface area contributed by atoms with Crippen molar-refractivity contribution in [1.82, 2.24) is 0 Å². The van der Waals surface area contributed by atoms with Gasteiger partial charge in [0.05, 0.1) is 10.9 Å². The summed E-state index contributed by atoms with van der Waals surface area (Å²) in [5, 5.41) is 24.6. The SMILES string of the molecule is CCCCCCCCCCCCCCC(C(=O)O)C1(O)CNc2ccc(Br)c(Cl)c21. The van der Waals surface area contributed by atoms with Gasteiger partial charge in [-0.25, -0.2) is 0 Å². The van der Waals surface area contributed by atoms with E-state index in [1.54, 1.807) is 6.07 Å². The number of hydrogen-bond donors (Lipinski definition) is 3. The van der Waals surface area contributed by atoms with Gasteiger partial charge >= 0.3 is 5.97 Å². The van der Waals surface area contributed by atoms with Gasteiger partial charge in [-0.3, -0.25) is 4.79 Å². The molecule has 0 saturated heterocycles. The molecule has 170 valence electrons. The minimum Gasteiger partial charge on any atom is -0.481 e. The number of β-amino-alcohol motifs (C(OH)–C–C–N with tert-alkyl or cyclic N) is 1. The number of fused-ring (bicyclic) bond motifs is 1. The van der Waals surface area contributed by atoms with Gasteiger partial charge in [0.2, 0.25) is 0 Å². The number of halogens is 2. The maximum atomic E-state index is 12.0. The highest BCUT2D eigenvalue weighted by Gasteiger charge is 2.48. The molecule has 6 heteroatoms. The van der Waals surface area contributed by atoms with E-state index >= 15 is 0 Å². The van der Waals surface area contributed by atoms with E-state index in [1.807, 2.05) is 6.07 Å². The van der Waals surface area contributed by atoms with E-state index in [0.717, 1.165) is 19.3 Å². The smallest absolute Gasteiger partial charge is 0.309 e. The van der Waals surface area contributed by atoms with Crippen molar-refractivity contribution in [2.45, 2.75) is 96.0 Å². The fourth-order valence-electron chi connectivity index (χ4n) is 4.49. The Balaban J connectivity index is 1.73. The van der Waals surface area contributed by atoms with Gasteiger partial charge in [-0.2, -0.15) is 0 Å². The number of nitrogens with one attached hydrogen (secondary N) is 1. The number of aliphatic hydroxyl groups is 1. The van der Waals surface area contributed by atoms with Crippen molar-refractivity contribution in [1.29, 1.82) is 0 Å². The Kier molecular flexibility index (Phi) is 11.0. The van der Waals surface area contributed by atoms with Crippen LogP contribution >= 0.6 is 27.5 Å². The second kappa shape index (κ2) is 12.9. The second-order valence-corrected chi connectivity index (χ2v) is 9.86. The fraction of sp³-hybridized carbons (Fsp3) is 0.708. The minimum atomic E-state index is -1.49. The van der Waals surface area contributed by atoms with Gasteiger partial charge in [-0.15, -0.1) is 0 Å². The molecule has 1 aliphatic heterocycles. The van der Waals surface area contributed by atoms with Crippen molar-refractivity contribution in [2.75, 3.05) is 11.9 Å². The van der Waals surface area contributed by atoms with Crippen molar-refractivity contribution in [2.24, 2.45) is 5.92 Å². The molecule has 0 spiro atoms. The molecule has 3 N–H and O–H groups in total. The summed E-state index contributed by atoms with van der Waals surface area (Å²) in [6.07, 6.45) is 15.2. The Morgan fingerprint density at radius 3 is 2.13 bits per heavy atom. The molecule has 30 heavy (non-hydrogen) atoms. The maximum Gasteiger partial charge on any atom is 0.309 e. The van der Waals surface area contributed by atoms with E-state index in [0.29, 0.717) is 27.2 Å². The van der Waals surface area contributed by atoms with Crippen LogP contribution in [0.1, 0.15) is 96.0 Å². The van der Waals surface area contributed by atoms with Gasteiger partial charge in [-0.05, 0) is 34.5 Å². The summed E-state index contributed by atoms with van der Waals surface area (Å²) in [6, 6.07) is 3.63. The fourth-order valence-corrected chi connectivity index (χ4v) is 5.15. The lowest BCUT2D eigenvalue weighted by Crippen LogP contribution is -2.41. The van der Waals surface area contributed by atoms with Crippen LogP contribution in [0.3, 0.4) is 0 Å². The summed E-state index contributed by atoms with van der Waals surface area (Å²) in [6.45, 7) is 2.42. The average molecular weight is 503 g/mol. The zero-order valence-corrected chi connectivity index (χ0v) is 20.5. The third kappa shape index (κ3) is 6.86. The van der Waals surface area contributed by atoms with Gasteiger partial charge < -0.3 is 15.5 Å². The molecule has 0 saturated carbocycles. The first-order chi connectivity index (χ1) is 14.4. The number of anilines is 1. The molecular weight excluding hydrogens is 466 g/mol.